The highest BCUT2D eigenvalue weighted by molar-refractivity contribution is 7.18. The van der Waals surface area contributed by atoms with E-state index in [1.165, 1.54) is 23.5 Å². The molecule has 0 aliphatic carbocycles. The van der Waals surface area contributed by atoms with Gasteiger partial charge in [0.05, 0.1) is 5.56 Å². The van der Waals surface area contributed by atoms with Crippen LogP contribution in [0, 0.1) is 0 Å². The zero-order valence-electron chi connectivity index (χ0n) is 11.5. The number of hydrogen-bond acceptors (Lipinski definition) is 5. The van der Waals surface area contributed by atoms with E-state index < -0.39 is 5.97 Å². The Morgan fingerprint density at radius 1 is 1.24 bits per heavy atom. The Kier molecular flexibility index (Phi) is 4.44. The Balaban J connectivity index is 2.16. The first-order valence-electron chi connectivity index (χ1n) is 6.12. The molecule has 21 heavy (non-hydrogen) atoms. The molecule has 2 N–H and O–H groups in total. The lowest BCUT2D eigenvalue weighted by molar-refractivity contribution is -0.112. The van der Waals surface area contributed by atoms with E-state index in [0.29, 0.717) is 15.7 Å². The number of benzene rings is 1. The number of anilines is 1. The van der Waals surface area contributed by atoms with Crippen molar-refractivity contribution in [1.29, 1.82) is 0 Å². The number of nitrogens with one attached hydrogen (secondary N) is 1. The average Bonchev–Trinajstić information content (AvgIpc) is 2.94. The van der Waals surface area contributed by atoms with E-state index in [9.17, 15) is 9.59 Å². The minimum atomic E-state index is -0.978. The quantitative estimate of drug-likeness (QED) is 0.847. The molecule has 0 aliphatic rings. The van der Waals surface area contributed by atoms with E-state index in [2.05, 4.69) is 15.5 Å². The van der Waals surface area contributed by atoms with E-state index in [4.69, 9.17) is 5.11 Å². The maximum Gasteiger partial charge on any atom is 0.335 e. The van der Waals surface area contributed by atoms with Crippen molar-refractivity contribution in [3.63, 3.8) is 0 Å². The predicted octanol–water partition coefficient (Wildman–Crippen LogP) is 2.81. The van der Waals surface area contributed by atoms with Crippen LogP contribution in [0.25, 0.3) is 10.6 Å². The summed E-state index contributed by atoms with van der Waals surface area (Å²) in [5.41, 5.74) is 1.55. The normalized spacial score (nSPS) is 11.2. The van der Waals surface area contributed by atoms with Crippen molar-refractivity contribution in [3.05, 3.63) is 41.5 Å². The fraction of sp³-hybridized carbons (Fsp3) is 0.143. The van der Waals surface area contributed by atoms with Gasteiger partial charge in [-0.25, -0.2) is 4.79 Å². The number of aromatic nitrogens is 2. The molecule has 1 aromatic heterocycles. The van der Waals surface area contributed by atoms with Crippen LogP contribution in [0.2, 0.25) is 0 Å². The molecule has 0 saturated heterocycles. The minimum absolute atomic E-state index is 0.209. The van der Waals surface area contributed by atoms with Gasteiger partial charge in [0, 0.05) is 11.1 Å². The van der Waals surface area contributed by atoms with Gasteiger partial charge in [-0.1, -0.05) is 29.5 Å². The molecule has 0 aliphatic heterocycles. The molecule has 0 radical (unpaired) electrons. The van der Waals surface area contributed by atoms with Crippen molar-refractivity contribution < 1.29 is 14.7 Å². The van der Waals surface area contributed by atoms with Crippen molar-refractivity contribution in [2.75, 3.05) is 5.32 Å². The van der Waals surface area contributed by atoms with Crippen molar-refractivity contribution in [2.45, 2.75) is 13.8 Å². The third-order valence-electron chi connectivity index (χ3n) is 2.82. The fourth-order valence-electron chi connectivity index (χ4n) is 1.47. The van der Waals surface area contributed by atoms with Gasteiger partial charge >= 0.3 is 5.97 Å². The molecule has 0 bridgehead atoms. The molecule has 6 nitrogen and oxygen atoms in total. The standard InChI is InChI=1S/C14H13N3O3S/c1-3-8(2)11(18)15-14-17-16-12(21-14)9-4-6-10(7-5-9)13(19)20/h3-7H,1-2H3,(H,19,20)(H,15,17,18)/b8-3+. The Labute approximate surface area is 125 Å². The lowest BCUT2D eigenvalue weighted by Gasteiger charge is -1.99. The van der Waals surface area contributed by atoms with Crippen molar-refractivity contribution in [3.8, 4) is 10.6 Å². The number of carbonyl (C=O) groups excluding carboxylic acids is 1. The first kappa shape index (κ1) is 14.9. The fourth-order valence-corrected chi connectivity index (χ4v) is 2.22. The largest absolute Gasteiger partial charge is 0.478 e. The SMILES string of the molecule is C/C=C(\C)C(=O)Nc1nnc(-c2ccc(C(=O)O)cc2)s1. The maximum atomic E-state index is 11.7. The third kappa shape index (κ3) is 3.51. The molecule has 1 aromatic carbocycles. The average molecular weight is 303 g/mol. The topological polar surface area (TPSA) is 92.2 Å². The second-order valence-corrected chi connectivity index (χ2v) is 5.20. The van der Waals surface area contributed by atoms with Gasteiger partial charge in [0.1, 0.15) is 5.01 Å². The molecule has 0 fully saturated rings. The number of rotatable bonds is 4. The number of amides is 1. The summed E-state index contributed by atoms with van der Waals surface area (Å²) in [5.74, 6) is -1.20. The molecule has 1 heterocycles. The van der Waals surface area contributed by atoms with Crippen LogP contribution in [0.1, 0.15) is 24.2 Å². The van der Waals surface area contributed by atoms with Gasteiger partial charge in [0.2, 0.25) is 5.13 Å². The van der Waals surface area contributed by atoms with E-state index >= 15 is 0 Å². The van der Waals surface area contributed by atoms with Crippen LogP contribution in [-0.4, -0.2) is 27.2 Å². The molecule has 0 spiro atoms. The van der Waals surface area contributed by atoms with Gasteiger partial charge in [-0.15, -0.1) is 10.2 Å². The summed E-state index contributed by atoms with van der Waals surface area (Å²) in [6, 6.07) is 6.32. The molecular weight excluding hydrogens is 290 g/mol. The van der Waals surface area contributed by atoms with E-state index in [-0.39, 0.29) is 11.5 Å². The molecule has 0 saturated carbocycles. The molecule has 108 valence electrons. The summed E-state index contributed by atoms with van der Waals surface area (Å²) in [4.78, 5) is 22.5. The van der Waals surface area contributed by atoms with Crippen LogP contribution in [0.15, 0.2) is 35.9 Å². The molecule has 0 atom stereocenters. The Morgan fingerprint density at radius 2 is 1.90 bits per heavy atom. The number of carboxylic acids is 1. The Bertz CT molecular complexity index is 705. The van der Waals surface area contributed by atoms with Gasteiger partial charge in [0.15, 0.2) is 0 Å². The zero-order chi connectivity index (χ0) is 15.4. The summed E-state index contributed by atoms with van der Waals surface area (Å²) in [6.45, 7) is 3.49. The second kappa shape index (κ2) is 6.27. The van der Waals surface area contributed by atoms with Crippen LogP contribution < -0.4 is 5.32 Å². The molecule has 7 heteroatoms. The highest BCUT2D eigenvalue weighted by atomic mass is 32.1. The summed E-state index contributed by atoms with van der Waals surface area (Å²) >= 11 is 1.23. The van der Waals surface area contributed by atoms with Crippen molar-refractivity contribution >= 4 is 28.3 Å². The van der Waals surface area contributed by atoms with E-state index in [0.717, 1.165) is 5.56 Å². The van der Waals surface area contributed by atoms with E-state index in [1.54, 1.807) is 32.1 Å². The van der Waals surface area contributed by atoms with Gasteiger partial charge in [-0.3, -0.25) is 10.1 Å². The van der Waals surface area contributed by atoms with E-state index in [1.807, 2.05) is 0 Å². The number of carbonyl (C=O) groups is 2. The van der Waals surface area contributed by atoms with Crippen LogP contribution in [0.4, 0.5) is 5.13 Å². The van der Waals surface area contributed by atoms with Crippen LogP contribution in [0.3, 0.4) is 0 Å². The predicted molar refractivity (Wildman–Crippen MR) is 80.4 cm³/mol. The van der Waals surface area contributed by atoms with Crippen molar-refractivity contribution in [2.24, 2.45) is 0 Å². The molecule has 1 amide bonds. The van der Waals surface area contributed by atoms with Gasteiger partial charge in [-0.05, 0) is 26.0 Å². The number of allylic oxidation sites excluding steroid dienone is 1. The highest BCUT2D eigenvalue weighted by Crippen LogP contribution is 2.26. The van der Waals surface area contributed by atoms with Crippen LogP contribution in [-0.2, 0) is 4.79 Å². The Morgan fingerprint density at radius 3 is 2.48 bits per heavy atom. The van der Waals surface area contributed by atoms with Gasteiger partial charge < -0.3 is 5.11 Å². The number of nitrogens with zero attached hydrogens (tertiary/aromatic N) is 2. The highest BCUT2D eigenvalue weighted by Gasteiger charge is 2.11. The molecule has 0 unspecified atom stereocenters. The van der Waals surface area contributed by atoms with Crippen LogP contribution >= 0.6 is 11.3 Å². The lowest BCUT2D eigenvalue weighted by atomic mass is 10.1. The van der Waals surface area contributed by atoms with Gasteiger partial charge in [0.25, 0.3) is 5.91 Å². The zero-order valence-corrected chi connectivity index (χ0v) is 12.3. The number of hydrogen-bond donors (Lipinski definition) is 2. The van der Waals surface area contributed by atoms with Crippen LogP contribution in [0.5, 0.6) is 0 Å². The number of carboxylic acid groups (broad SMARTS) is 1. The summed E-state index contributed by atoms with van der Waals surface area (Å²) in [6.07, 6.45) is 1.71. The second-order valence-electron chi connectivity index (χ2n) is 4.22. The molecule has 2 aromatic rings. The maximum absolute atomic E-state index is 11.7. The molecular formula is C14H13N3O3S. The minimum Gasteiger partial charge on any atom is -0.478 e. The third-order valence-corrected chi connectivity index (χ3v) is 3.70. The first-order chi connectivity index (χ1) is 10.0. The summed E-state index contributed by atoms with van der Waals surface area (Å²) < 4.78 is 0. The lowest BCUT2D eigenvalue weighted by Crippen LogP contribution is -2.12. The Hall–Kier alpha value is -2.54. The van der Waals surface area contributed by atoms with Crippen molar-refractivity contribution in [1.82, 2.24) is 10.2 Å². The molecule has 2 rings (SSSR count). The summed E-state index contributed by atoms with van der Waals surface area (Å²) in [5, 5.41) is 20.4. The first-order valence-corrected chi connectivity index (χ1v) is 6.94. The van der Waals surface area contributed by atoms with Gasteiger partial charge in [-0.2, -0.15) is 0 Å². The smallest absolute Gasteiger partial charge is 0.335 e. The monoisotopic (exact) mass is 303 g/mol. The number of aromatic carboxylic acids is 1. The summed E-state index contributed by atoms with van der Waals surface area (Å²) in [7, 11) is 0.